The van der Waals surface area contributed by atoms with Crippen LogP contribution in [0.2, 0.25) is 0 Å². The summed E-state index contributed by atoms with van der Waals surface area (Å²) in [5.74, 6) is 0.00670. The van der Waals surface area contributed by atoms with Crippen molar-refractivity contribution in [2.75, 3.05) is 37.8 Å². The first-order valence-corrected chi connectivity index (χ1v) is 7.47. The minimum absolute atomic E-state index is 0.0400. The van der Waals surface area contributed by atoms with E-state index >= 15 is 0 Å². The van der Waals surface area contributed by atoms with Crippen molar-refractivity contribution in [2.24, 2.45) is 0 Å². The molecule has 0 unspecified atom stereocenters. The highest BCUT2D eigenvalue weighted by atomic mass is 35.5. The zero-order chi connectivity index (χ0) is 12.2. The molecule has 0 aliphatic carbocycles. The molecule has 0 N–H and O–H groups in total. The first-order chi connectivity index (χ1) is 7.51. The predicted octanol–water partition coefficient (Wildman–Crippen LogP) is 0.109. The highest BCUT2D eigenvalue weighted by Gasteiger charge is 2.27. The van der Waals surface area contributed by atoms with Crippen LogP contribution in [0.15, 0.2) is 0 Å². The van der Waals surface area contributed by atoms with Crippen LogP contribution in [0.25, 0.3) is 0 Å². The van der Waals surface area contributed by atoms with E-state index in [1.54, 1.807) is 4.90 Å². The van der Waals surface area contributed by atoms with E-state index in [1.807, 2.05) is 6.92 Å². The van der Waals surface area contributed by atoms with Gasteiger partial charge in [-0.05, 0) is 6.42 Å². The molecule has 0 aromatic rings. The average Bonchev–Trinajstić information content (AvgIpc) is 2.28. The Labute approximate surface area is 101 Å². The SMILES string of the molecule is CCCS(=O)(=O)N1CCN(C(=O)CCl)CC1. The van der Waals surface area contributed by atoms with Gasteiger partial charge in [-0.3, -0.25) is 4.79 Å². The Morgan fingerprint density at radius 1 is 1.25 bits per heavy atom. The van der Waals surface area contributed by atoms with Crippen LogP contribution in [-0.2, 0) is 14.8 Å². The summed E-state index contributed by atoms with van der Waals surface area (Å²) in [6, 6.07) is 0. The lowest BCUT2D eigenvalue weighted by molar-refractivity contribution is -0.129. The molecular weight excluding hydrogens is 252 g/mol. The molecule has 1 heterocycles. The molecule has 7 heteroatoms. The summed E-state index contributed by atoms with van der Waals surface area (Å²) in [6.45, 7) is 3.48. The lowest BCUT2D eigenvalue weighted by Crippen LogP contribution is -2.51. The molecule has 1 saturated heterocycles. The van der Waals surface area contributed by atoms with Crippen LogP contribution >= 0.6 is 11.6 Å². The molecule has 0 aromatic heterocycles. The maximum atomic E-state index is 11.7. The first kappa shape index (κ1) is 13.7. The highest BCUT2D eigenvalue weighted by molar-refractivity contribution is 7.89. The second-order valence-corrected chi connectivity index (χ2v) is 6.09. The fourth-order valence-electron chi connectivity index (χ4n) is 1.69. The quantitative estimate of drug-likeness (QED) is 0.680. The van der Waals surface area contributed by atoms with Crippen molar-refractivity contribution in [1.82, 2.24) is 9.21 Å². The minimum Gasteiger partial charge on any atom is -0.339 e. The summed E-state index contributed by atoms with van der Waals surface area (Å²) in [4.78, 5) is 12.9. The van der Waals surface area contributed by atoms with Gasteiger partial charge in [0.15, 0.2) is 0 Å². The van der Waals surface area contributed by atoms with Gasteiger partial charge in [0.25, 0.3) is 0 Å². The number of nitrogens with zero attached hydrogens (tertiary/aromatic N) is 2. The van der Waals surface area contributed by atoms with Crippen LogP contribution in [0.3, 0.4) is 0 Å². The zero-order valence-electron chi connectivity index (χ0n) is 9.36. The maximum absolute atomic E-state index is 11.7. The Bertz CT molecular complexity index is 337. The van der Waals surface area contributed by atoms with E-state index in [4.69, 9.17) is 11.6 Å². The number of rotatable bonds is 4. The van der Waals surface area contributed by atoms with Gasteiger partial charge < -0.3 is 4.90 Å². The van der Waals surface area contributed by atoms with Crippen LogP contribution in [0.1, 0.15) is 13.3 Å². The molecule has 94 valence electrons. The number of piperazine rings is 1. The summed E-state index contributed by atoms with van der Waals surface area (Å²) in [7, 11) is -3.13. The zero-order valence-corrected chi connectivity index (χ0v) is 10.9. The predicted molar refractivity (Wildman–Crippen MR) is 63.0 cm³/mol. The molecule has 1 aliphatic rings. The number of carbonyl (C=O) groups excluding carboxylic acids is 1. The second-order valence-electron chi connectivity index (χ2n) is 3.73. The number of sulfonamides is 1. The Balaban J connectivity index is 2.52. The average molecular weight is 269 g/mol. The van der Waals surface area contributed by atoms with Gasteiger partial charge >= 0.3 is 0 Å². The van der Waals surface area contributed by atoms with Crippen LogP contribution < -0.4 is 0 Å². The van der Waals surface area contributed by atoms with E-state index in [0.717, 1.165) is 0 Å². The van der Waals surface area contributed by atoms with Crippen molar-refractivity contribution in [3.8, 4) is 0 Å². The van der Waals surface area contributed by atoms with Crippen molar-refractivity contribution in [2.45, 2.75) is 13.3 Å². The Hall–Kier alpha value is -0.330. The summed E-state index contributed by atoms with van der Waals surface area (Å²) in [5.41, 5.74) is 0. The van der Waals surface area contributed by atoms with Gasteiger partial charge in [-0.2, -0.15) is 4.31 Å². The summed E-state index contributed by atoms with van der Waals surface area (Å²) >= 11 is 5.44. The van der Waals surface area contributed by atoms with Gasteiger partial charge in [-0.15, -0.1) is 11.6 Å². The van der Waals surface area contributed by atoms with Crippen LogP contribution in [0.5, 0.6) is 0 Å². The molecule has 1 fully saturated rings. The molecule has 0 radical (unpaired) electrons. The third kappa shape index (κ3) is 3.33. The van der Waals surface area contributed by atoms with Gasteiger partial charge in [0.2, 0.25) is 15.9 Å². The number of hydrogen-bond acceptors (Lipinski definition) is 3. The Morgan fingerprint density at radius 3 is 2.25 bits per heavy atom. The molecule has 0 aromatic carbocycles. The van der Waals surface area contributed by atoms with Crippen molar-refractivity contribution >= 4 is 27.5 Å². The summed E-state index contributed by atoms with van der Waals surface area (Å²) in [5, 5.41) is 0. The number of alkyl halides is 1. The minimum atomic E-state index is -3.13. The number of hydrogen-bond donors (Lipinski definition) is 0. The van der Waals surface area contributed by atoms with Crippen LogP contribution in [0.4, 0.5) is 0 Å². The second kappa shape index (κ2) is 5.84. The lowest BCUT2D eigenvalue weighted by Gasteiger charge is -2.33. The topological polar surface area (TPSA) is 57.7 Å². The van der Waals surface area contributed by atoms with Crippen molar-refractivity contribution in [3.63, 3.8) is 0 Å². The number of carbonyl (C=O) groups is 1. The largest absolute Gasteiger partial charge is 0.339 e. The molecule has 1 amide bonds. The van der Waals surface area contributed by atoms with E-state index in [2.05, 4.69) is 0 Å². The van der Waals surface area contributed by atoms with E-state index < -0.39 is 10.0 Å². The van der Waals surface area contributed by atoms with Crippen LogP contribution in [-0.4, -0.2) is 61.3 Å². The molecule has 1 rings (SSSR count). The van der Waals surface area contributed by atoms with Gasteiger partial charge in [0.1, 0.15) is 5.88 Å². The van der Waals surface area contributed by atoms with E-state index in [9.17, 15) is 13.2 Å². The lowest BCUT2D eigenvalue weighted by atomic mass is 10.3. The van der Waals surface area contributed by atoms with Crippen LogP contribution in [0, 0.1) is 0 Å². The molecule has 0 spiro atoms. The third-order valence-corrected chi connectivity index (χ3v) is 4.87. The van der Waals surface area contributed by atoms with Crippen molar-refractivity contribution in [1.29, 1.82) is 0 Å². The smallest absolute Gasteiger partial charge is 0.237 e. The van der Waals surface area contributed by atoms with E-state index in [1.165, 1.54) is 4.31 Å². The van der Waals surface area contributed by atoms with Gasteiger partial charge in [0, 0.05) is 26.2 Å². The summed E-state index contributed by atoms with van der Waals surface area (Å²) in [6.07, 6.45) is 0.614. The first-order valence-electron chi connectivity index (χ1n) is 5.33. The van der Waals surface area contributed by atoms with Gasteiger partial charge in [0.05, 0.1) is 5.75 Å². The third-order valence-electron chi connectivity index (χ3n) is 2.56. The monoisotopic (exact) mass is 268 g/mol. The Kier molecular flexibility index (Phi) is 5.01. The molecular formula is C9H17ClN2O3S. The highest BCUT2D eigenvalue weighted by Crippen LogP contribution is 2.09. The number of halogens is 1. The standard InChI is InChI=1S/C9H17ClN2O3S/c1-2-7-16(14,15)12-5-3-11(4-6-12)9(13)8-10/h2-8H2,1H3. The molecule has 0 bridgehead atoms. The van der Waals surface area contributed by atoms with Crippen molar-refractivity contribution in [3.05, 3.63) is 0 Å². The normalized spacial score (nSPS) is 18.8. The summed E-state index contributed by atoms with van der Waals surface area (Å²) < 4.78 is 24.9. The molecule has 1 aliphatic heterocycles. The fourth-order valence-corrected chi connectivity index (χ4v) is 3.35. The van der Waals surface area contributed by atoms with Gasteiger partial charge in [-0.1, -0.05) is 6.92 Å². The van der Waals surface area contributed by atoms with Gasteiger partial charge in [-0.25, -0.2) is 8.42 Å². The maximum Gasteiger partial charge on any atom is 0.237 e. The van der Waals surface area contributed by atoms with Crippen molar-refractivity contribution < 1.29 is 13.2 Å². The fraction of sp³-hybridized carbons (Fsp3) is 0.889. The molecule has 0 saturated carbocycles. The van der Waals surface area contributed by atoms with E-state index in [0.29, 0.717) is 32.6 Å². The number of amides is 1. The Morgan fingerprint density at radius 2 is 1.81 bits per heavy atom. The molecule has 0 atom stereocenters. The molecule has 16 heavy (non-hydrogen) atoms. The van der Waals surface area contributed by atoms with E-state index in [-0.39, 0.29) is 17.5 Å². The molecule has 5 nitrogen and oxygen atoms in total.